The van der Waals surface area contributed by atoms with Crippen molar-refractivity contribution >= 4 is 14.1 Å². The van der Waals surface area contributed by atoms with Gasteiger partial charge in [-0.1, -0.05) is 91.0 Å². The fraction of sp³-hybridized carbons (Fsp3) is 0.654. The van der Waals surface area contributed by atoms with Gasteiger partial charge in [-0.2, -0.15) is 0 Å². The quantitative estimate of drug-likeness (QED) is 0.288. The van der Waals surface area contributed by atoms with Gasteiger partial charge in [-0.3, -0.25) is 9.69 Å². The van der Waals surface area contributed by atoms with Crippen LogP contribution < -0.4 is 0 Å². The molecular formula is C26H43NO2Si. The van der Waals surface area contributed by atoms with Gasteiger partial charge in [0.05, 0.1) is 6.04 Å². The third-order valence-corrected chi connectivity index (χ3v) is 13.1. The molecule has 168 valence electrons. The maximum Gasteiger partial charge on any atom is 0.200 e. The third kappa shape index (κ3) is 5.71. The molecule has 2 atom stereocenters. The molecule has 1 aromatic rings. The lowest BCUT2D eigenvalue weighted by molar-refractivity contribution is -0.125. The van der Waals surface area contributed by atoms with Crippen LogP contribution in [0, 0.1) is 0 Å². The van der Waals surface area contributed by atoms with Gasteiger partial charge < -0.3 is 4.43 Å². The van der Waals surface area contributed by atoms with E-state index in [-0.39, 0.29) is 12.1 Å². The van der Waals surface area contributed by atoms with Crippen molar-refractivity contribution in [3.05, 3.63) is 48.0 Å². The van der Waals surface area contributed by atoms with Crippen molar-refractivity contribution in [2.45, 2.75) is 103 Å². The first-order valence-electron chi connectivity index (χ1n) is 11.9. The van der Waals surface area contributed by atoms with Crippen LogP contribution in [0.15, 0.2) is 42.5 Å². The Morgan fingerprint density at radius 3 is 2.20 bits per heavy atom. The van der Waals surface area contributed by atoms with Crippen LogP contribution in [0.1, 0.15) is 73.3 Å². The number of hydrogen-bond acceptors (Lipinski definition) is 3. The van der Waals surface area contributed by atoms with Gasteiger partial charge in [-0.05, 0) is 35.0 Å². The van der Waals surface area contributed by atoms with E-state index in [2.05, 4.69) is 82.9 Å². The first-order valence-corrected chi connectivity index (χ1v) is 14.0. The van der Waals surface area contributed by atoms with E-state index in [0.29, 0.717) is 28.8 Å². The SMILES string of the molecule is CCC(=O)[C@@H]1CC=C[C@H](CCO[Si](C(C)C)(C(C)C)C(C)C)N1Cc1ccccc1. The molecule has 30 heavy (non-hydrogen) atoms. The standard InChI is InChI=1S/C26H43NO2Si/c1-8-26(28)25-16-12-15-24(27(25)19-23-13-10-9-11-14-23)17-18-29-30(20(2)3,21(4)5)22(6)7/h9-15,20-22,24-25H,8,16-19H2,1-7H3/t24-,25+/m1/s1. The van der Waals surface area contributed by atoms with E-state index in [1.54, 1.807) is 0 Å². The summed E-state index contributed by atoms with van der Waals surface area (Å²) in [5.74, 6) is 0.344. The highest BCUT2D eigenvalue weighted by Crippen LogP contribution is 2.42. The van der Waals surface area contributed by atoms with Gasteiger partial charge in [0.25, 0.3) is 0 Å². The number of hydrogen-bond donors (Lipinski definition) is 0. The Labute approximate surface area is 186 Å². The average molecular weight is 430 g/mol. The molecule has 0 unspecified atom stereocenters. The summed E-state index contributed by atoms with van der Waals surface area (Å²) in [6, 6.07) is 10.8. The van der Waals surface area contributed by atoms with Crippen molar-refractivity contribution in [2.24, 2.45) is 0 Å². The minimum atomic E-state index is -1.86. The maximum atomic E-state index is 12.7. The van der Waals surface area contributed by atoms with Gasteiger partial charge in [0.2, 0.25) is 0 Å². The number of rotatable bonds is 11. The van der Waals surface area contributed by atoms with Crippen LogP contribution in [0.5, 0.6) is 0 Å². The normalized spacial score (nSPS) is 20.5. The Hall–Kier alpha value is -1.23. The lowest BCUT2D eigenvalue weighted by Crippen LogP contribution is -2.50. The fourth-order valence-electron chi connectivity index (χ4n) is 5.53. The van der Waals surface area contributed by atoms with Crippen molar-refractivity contribution < 1.29 is 9.22 Å². The van der Waals surface area contributed by atoms with Crippen LogP contribution in [0.25, 0.3) is 0 Å². The van der Waals surface area contributed by atoms with Crippen molar-refractivity contribution in [1.82, 2.24) is 4.90 Å². The number of benzene rings is 1. The van der Waals surface area contributed by atoms with Gasteiger partial charge in [0, 0.05) is 25.6 Å². The molecule has 0 aliphatic carbocycles. The molecule has 0 spiro atoms. The highest BCUT2D eigenvalue weighted by atomic mass is 28.4. The molecule has 1 heterocycles. The van der Waals surface area contributed by atoms with Gasteiger partial charge in [0.1, 0.15) is 5.78 Å². The minimum absolute atomic E-state index is 0.0208. The zero-order chi connectivity index (χ0) is 22.3. The molecule has 0 amide bonds. The molecule has 1 aliphatic heterocycles. The number of carbonyl (C=O) groups is 1. The first-order chi connectivity index (χ1) is 14.2. The highest BCUT2D eigenvalue weighted by Gasteiger charge is 2.45. The predicted octanol–water partition coefficient (Wildman–Crippen LogP) is 6.75. The highest BCUT2D eigenvalue weighted by molar-refractivity contribution is 6.77. The maximum absolute atomic E-state index is 12.7. The minimum Gasteiger partial charge on any atom is -0.416 e. The lowest BCUT2D eigenvalue weighted by Gasteiger charge is -2.43. The summed E-state index contributed by atoms with van der Waals surface area (Å²) < 4.78 is 6.83. The summed E-state index contributed by atoms with van der Waals surface area (Å²) in [7, 11) is -1.86. The van der Waals surface area contributed by atoms with E-state index in [4.69, 9.17) is 4.43 Å². The molecule has 2 rings (SSSR count). The van der Waals surface area contributed by atoms with E-state index >= 15 is 0 Å². The smallest absolute Gasteiger partial charge is 0.200 e. The van der Waals surface area contributed by atoms with Crippen LogP contribution in [-0.2, 0) is 15.8 Å². The molecule has 0 saturated heterocycles. The Kier molecular flexibility index (Phi) is 9.52. The molecule has 0 fully saturated rings. The largest absolute Gasteiger partial charge is 0.416 e. The van der Waals surface area contributed by atoms with E-state index in [9.17, 15) is 4.79 Å². The molecule has 0 N–H and O–H groups in total. The molecular weight excluding hydrogens is 386 g/mol. The van der Waals surface area contributed by atoms with Crippen molar-refractivity contribution in [3.8, 4) is 0 Å². The number of Topliss-reactive ketones (excluding diaryl/α,β-unsaturated/α-hetero) is 1. The van der Waals surface area contributed by atoms with Crippen molar-refractivity contribution in [2.75, 3.05) is 6.61 Å². The molecule has 1 aromatic carbocycles. The second-order valence-corrected chi connectivity index (χ2v) is 15.1. The number of carbonyl (C=O) groups excluding carboxylic acids is 1. The van der Waals surface area contributed by atoms with Crippen LogP contribution in [-0.4, -0.2) is 37.7 Å². The Bertz CT molecular complexity index is 662. The topological polar surface area (TPSA) is 29.5 Å². The van der Waals surface area contributed by atoms with Gasteiger partial charge in [0.15, 0.2) is 8.32 Å². The number of ketones is 1. The van der Waals surface area contributed by atoms with Crippen LogP contribution in [0.4, 0.5) is 0 Å². The third-order valence-electron chi connectivity index (χ3n) is 6.94. The summed E-state index contributed by atoms with van der Waals surface area (Å²) in [5, 5.41) is 0. The summed E-state index contributed by atoms with van der Waals surface area (Å²) in [6.45, 7) is 17.6. The fourth-order valence-corrected chi connectivity index (χ4v) is 11.0. The zero-order valence-electron chi connectivity index (χ0n) is 20.2. The summed E-state index contributed by atoms with van der Waals surface area (Å²) in [6.07, 6.45) is 6.87. The molecule has 1 aliphatic rings. The summed E-state index contributed by atoms with van der Waals surface area (Å²) in [5.41, 5.74) is 3.04. The Morgan fingerprint density at radius 2 is 1.67 bits per heavy atom. The summed E-state index contributed by atoms with van der Waals surface area (Å²) >= 11 is 0. The van der Waals surface area contributed by atoms with Crippen LogP contribution in [0.3, 0.4) is 0 Å². The molecule has 4 heteroatoms. The Balaban J connectivity index is 2.17. The zero-order valence-corrected chi connectivity index (χ0v) is 21.2. The van der Waals surface area contributed by atoms with E-state index < -0.39 is 8.32 Å². The van der Waals surface area contributed by atoms with Crippen LogP contribution >= 0.6 is 0 Å². The Morgan fingerprint density at radius 1 is 1.07 bits per heavy atom. The average Bonchev–Trinajstić information content (AvgIpc) is 2.71. The van der Waals surface area contributed by atoms with Gasteiger partial charge >= 0.3 is 0 Å². The van der Waals surface area contributed by atoms with Gasteiger partial charge in [-0.25, -0.2) is 0 Å². The second kappa shape index (κ2) is 11.4. The van der Waals surface area contributed by atoms with E-state index in [1.165, 1.54) is 5.56 Å². The molecule has 0 bridgehead atoms. The summed E-state index contributed by atoms with van der Waals surface area (Å²) in [4.78, 5) is 15.1. The van der Waals surface area contributed by atoms with E-state index in [0.717, 1.165) is 26.0 Å². The number of nitrogens with zero attached hydrogens (tertiary/aromatic N) is 1. The predicted molar refractivity (Wildman–Crippen MR) is 130 cm³/mol. The van der Waals surface area contributed by atoms with Gasteiger partial charge in [-0.15, -0.1) is 0 Å². The monoisotopic (exact) mass is 429 g/mol. The molecule has 0 saturated carbocycles. The first kappa shape index (κ1) is 25.0. The second-order valence-electron chi connectivity index (χ2n) is 9.68. The van der Waals surface area contributed by atoms with Crippen molar-refractivity contribution in [1.29, 1.82) is 0 Å². The van der Waals surface area contributed by atoms with E-state index in [1.807, 2.05) is 13.0 Å². The molecule has 0 radical (unpaired) electrons. The molecule has 3 nitrogen and oxygen atoms in total. The van der Waals surface area contributed by atoms with Crippen molar-refractivity contribution in [3.63, 3.8) is 0 Å². The lowest BCUT2D eigenvalue weighted by atomic mass is 9.95. The molecule has 0 aromatic heterocycles. The van der Waals surface area contributed by atoms with Crippen LogP contribution in [0.2, 0.25) is 16.6 Å².